The Balaban J connectivity index is 2.01. The smallest absolute Gasteiger partial charge is 0.241 e. The van der Waals surface area contributed by atoms with E-state index < -0.39 is 0 Å². The fraction of sp³-hybridized carbons (Fsp3) is 0.438. The molecular weight excluding hydrogens is 316 g/mol. The Morgan fingerprint density at radius 2 is 2.22 bits per heavy atom. The number of aromatic nitrogens is 2. The van der Waals surface area contributed by atoms with Crippen LogP contribution >= 0.6 is 11.6 Å². The lowest BCUT2D eigenvalue weighted by Gasteiger charge is -2.18. The number of hydrogen-bond donors (Lipinski definition) is 1. The summed E-state index contributed by atoms with van der Waals surface area (Å²) in [5.74, 6) is 0.945. The summed E-state index contributed by atoms with van der Waals surface area (Å²) in [6.45, 7) is 7.28. The van der Waals surface area contributed by atoms with Crippen LogP contribution in [-0.4, -0.2) is 40.1 Å². The van der Waals surface area contributed by atoms with E-state index in [-0.39, 0.29) is 11.9 Å². The minimum absolute atomic E-state index is 0.0172. The van der Waals surface area contributed by atoms with Gasteiger partial charge in [0, 0.05) is 16.6 Å². The highest BCUT2D eigenvalue weighted by molar-refractivity contribution is 6.30. The molecule has 2 rings (SSSR count). The molecule has 0 aliphatic heterocycles. The summed E-state index contributed by atoms with van der Waals surface area (Å²) in [5, 5.41) is 7.46. The number of nitrogens with one attached hydrogen (secondary N) is 1. The molecule has 7 heteroatoms. The SMILES string of the molecule is CCN(CC(=O)NC(C)C)Cc1nc(-c2cccc(Cl)c2)no1. The molecule has 1 aromatic carbocycles. The van der Waals surface area contributed by atoms with Gasteiger partial charge in [0.1, 0.15) is 0 Å². The van der Waals surface area contributed by atoms with Crippen LogP contribution in [0.3, 0.4) is 0 Å². The van der Waals surface area contributed by atoms with Crippen molar-refractivity contribution in [3.05, 3.63) is 35.2 Å². The van der Waals surface area contributed by atoms with Gasteiger partial charge >= 0.3 is 0 Å². The first-order valence-electron chi connectivity index (χ1n) is 7.58. The van der Waals surface area contributed by atoms with Crippen molar-refractivity contribution in [1.29, 1.82) is 0 Å². The maximum absolute atomic E-state index is 11.8. The van der Waals surface area contributed by atoms with Crippen LogP contribution in [0.15, 0.2) is 28.8 Å². The van der Waals surface area contributed by atoms with Gasteiger partial charge in [-0.25, -0.2) is 0 Å². The molecular formula is C16H21ClN4O2. The van der Waals surface area contributed by atoms with E-state index in [2.05, 4.69) is 15.5 Å². The molecule has 0 bridgehead atoms. The van der Waals surface area contributed by atoms with E-state index in [9.17, 15) is 4.79 Å². The lowest BCUT2D eigenvalue weighted by Crippen LogP contribution is -2.39. The monoisotopic (exact) mass is 336 g/mol. The predicted molar refractivity (Wildman–Crippen MR) is 89.0 cm³/mol. The highest BCUT2D eigenvalue weighted by Gasteiger charge is 2.15. The van der Waals surface area contributed by atoms with E-state index in [1.807, 2.05) is 37.8 Å². The van der Waals surface area contributed by atoms with Gasteiger partial charge in [0.2, 0.25) is 17.6 Å². The van der Waals surface area contributed by atoms with Crippen molar-refractivity contribution >= 4 is 17.5 Å². The van der Waals surface area contributed by atoms with Gasteiger partial charge in [-0.15, -0.1) is 0 Å². The molecule has 23 heavy (non-hydrogen) atoms. The second-order valence-electron chi connectivity index (χ2n) is 5.55. The summed E-state index contributed by atoms with van der Waals surface area (Å²) in [5.41, 5.74) is 0.799. The standard InChI is InChI=1S/C16H21ClN4O2/c1-4-21(9-14(22)18-11(2)3)10-15-19-16(20-23-15)12-6-5-7-13(17)8-12/h5-8,11H,4,9-10H2,1-3H3,(H,18,22). The highest BCUT2D eigenvalue weighted by Crippen LogP contribution is 2.20. The molecule has 0 spiro atoms. The zero-order valence-electron chi connectivity index (χ0n) is 13.5. The maximum Gasteiger partial charge on any atom is 0.241 e. The number of likely N-dealkylation sites (N-methyl/N-ethyl adjacent to an activating group) is 1. The average Bonchev–Trinajstić information content (AvgIpc) is 2.94. The van der Waals surface area contributed by atoms with E-state index in [0.29, 0.717) is 36.4 Å². The first-order valence-corrected chi connectivity index (χ1v) is 7.96. The molecule has 1 N–H and O–H groups in total. The topological polar surface area (TPSA) is 71.3 Å². The van der Waals surface area contributed by atoms with Crippen molar-refractivity contribution in [2.24, 2.45) is 0 Å². The second-order valence-corrected chi connectivity index (χ2v) is 5.98. The van der Waals surface area contributed by atoms with Crippen molar-refractivity contribution in [1.82, 2.24) is 20.4 Å². The molecule has 0 aliphatic carbocycles. The van der Waals surface area contributed by atoms with Crippen molar-refractivity contribution in [2.45, 2.75) is 33.4 Å². The normalized spacial score (nSPS) is 11.2. The molecule has 0 fully saturated rings. The third-order valence-corrected chi connectivity index (χ3v) is 3.41. The van der Waals surface area contributed by atoms with Gasteiger partial charge in [0.15, 0.2) is 0 Å². The summed E-state index contributed by atoms with van der Waals surface area (Å²) < 4.78 is 5.28. The lowest BCUT2D eigenvalue weighted by molar-refractivity contribution is -0.122. The van der Waals surface area contributed by atoms with Crippen LogP contribution in [0.5, 0.6) is 0 Å². The van der Waals surface area contributed by atoms with Gasteiger partial charge < -0.3 is 9.84 Å². The number of nitrogens with zero attached hydrogens (tertiary/aromatic N) is 3. The van der Waals surface area contributed by atoms with Crippen LogP contribution in [0.2, 0.25) is 5.02 Å². The van der Waals surface area contributed by atoms with Crippen LogP contribution in [0.1, 0.15) is 26.7 Å². The summed E-state index contributed by atoms with van der Waals surface area (Å²) in [7, 11) is 0. The van der Waals surface area contributed by atoms with E-state index in [1.165, 1.54) is 0 Å². The lowest BCUT2D eigenvalue weighted by atomic mass is 10.2. The summed E-state index contributed by atoms with van der Waals surface area (Å²) >= 11 is 5.97. The Morgan fingerprint density at radius 1 is 1.43 bits per heavy atom. The molecule has 0 radical (unpaired) electrons. The highest BCUT2D eigenvalue weighted by atomic mass is 35.5. The first kappa shape index (κ1) is 17.4. The summed E-state index contributed by atoms with van der Waals surface area (Å²) in [4.78, 5) is 18.1. The van der Waals surface area contributed by atoms with Crippen molar-refractivity contribution in [2.75, 3.05) is 13.1 Å². The summed E-state index contributed by atoms with van der Waals surface area (Å²) in [6, 6.07) is 7.40. The van der Waals surface area contributed by atoms with Crippen LogP contribution in [0.4, 0.5) is 0 Å². The molecule has 0 unspecified atom stereocenters. The Labute approximate surface area is 140 Å². The zero-order valence-corrected chi connectivity index (χ0v) is 14.3. The molecule has 1 aromatic heterocycles. The van der Waals surface area contributed by atoms with Crippen LogP contribution in [-0.2, 0) is 11.3 Å². The van der Waals surface area contributed by atoms with E-state index in [0.717, 1.165) is 5.56 Å². The van der Waals surface area contributed by atoms with Crippen molar-refractivity contribution < 1.29 is 9.32 Å². The Bertz CT molecular complexity index is 657. The number of benzene rings is 1. The number of carbonyl (C=O) groups is 1. The number of rotatable bonds is 7. The first-order chi connectivity index (χ1) is 11.0. The van der Waals surface area contributed by atoms with Gasteiger partial charge in [-0.1, -0.05) is 35.8 Å². The van der Waals surface area contributed by atoms with E-state index in [1.54, 1.807) is 12.1 Å². The number of amides is 1. The van der Waals surface area contributed by atoms with Gasteiger partial charge in [0.05, 0.1) is 13.1 Å². The molecule has 6 nitrogen and oxygen atoms in total. The number of halogens is 1. The summed E-state index contributed by atoms with van der Waals surface area (Å²) in [6.07, 6.45) is 0. The van der Waals surface area contributed by atoms with E-state index in [4.69, 9.17) is 16.1 Å². The molecule has 0 saturated heterocycles. The quantitative estimate of drug-likeness (QED) is 0.841. The average molecular weight is 337 g/mol. The predicted octanol–water partition coefficient (Wildman–Crippen LogP) is 2.74. The second kappa shape index (κ2) is 8.08. The van der Waals surface area contributed by atoms with Crippen LogP contribution < -0.4 is 5.32 Å². The van der Waals surface area contributed by atoms with Crippen molar-refractivity contribution in [3.8, 4) is 11.4 Å². The number of hydrogen-bond acceptors (Lipinski definition) is 5. The van der Waals surface area contributed by atoms with Gasteiger partial charge in [-0.05, 0) is 32.5 Å². The molecule has 0 saturated carbocycles. The molecule has 0 aliphatic rings. The minimum Gasteiger partial charge on any atom is -0.353 e. The number of carbonyl (C=O) groups excluding carboxylic acids is 1. The maximum atomic E-state index is 11.8. The fourth-order valence-corrected chi connectivity index (χ4v) is 2.30. The Hall–Kier alpha value is -1.92. The molecule has 124 valence electrons. The van der Waals surface area contributed by atoms with Crippen LogP contribution in [0, 0.1) is 0 Å². The fourth-order valence-electron chi connectivity index (χ4n) is 2.11. The zero-order chi connectivity index (χ0) is 16.8. The Morgan fingerprint density at radius 3 is 2.87 bits per heavy atom. The molecule has 0 atom stereocenters. The van der Waals surface area contributed by atoms with Gasteiger partial charge in [-0.3, -0.25) is 9.69 Å². The largest absolute Gasteiger partial charge is 0.353 e. The Kier molecular flexibility index (Phi) is 6.12. The minimum atomic E-state index is -0.0172. The van der Waals surface area contributed by atoms with E-state index >= 15 is 0 Å². The molecule has 1 amide bonds. The molecule has 1 heterocycles. The van der Waals surface area contributed by atoms with Crippen LogP contribution in [0.25, 0.3) is 11.4 Å². The third kappa shape index (κ3) is 5.33. The molecule has 2 aromatic rings. The third-order valence-electron chi connectivity index (χ3n) is 3.17. The van der Waals surface area contributed by atoms with Gasteiger partial charge in [-0.2, -0.15) is 4.98 Å². The van der Waals surface area contributed by atoms with Gasteiger partial charge in [0.25, 0.3) is 0 Å². The van der Waals surface area contributed by atoms with Crippen molar-refractivity contribution in [3.63, 3.8) is 0 Å².